The monoisotopic (exact) mass is 330 g/mol. The van der Waals surface area contributed by atoms with E-state index in [-0.39, 0.29) is 17.9 Å². The SMILES string of the molecule is CC1(c2cccc(NC(=O)C3CCCC(N)C3)c2)NC(=O)NC1=O. The van der Waals surface area contributed by atoms with Gasteiger partial charge in [0, 0.05) is 17.6 Å². The number of anilines is 1. The highest BCUT2D eigenvalue weighted by Crippen LogP contribution is 2.28. The van der Waals surface area contributed by atoms with Gasteiger partial charge in [-0.1, -0.05) is 18.6 Å². The van der Waals surface area contributed by atoms with Crippen LogP contribution in [0.1, 0.15) is 38.2 Å². The Balaban J connectivity index is 1.75. The van der Waals surface area contributed by atoms with Crippen LogP contribution in [0.25, 0.3) is 0 Å². The molecule has 2 fully saturated rings. The van der Waals surface area contributed by atoms with Gasteiger partial charge in [0.15, 0.2) is 0 Å². The van der Waals surface area contributed by atoms with Crippen molar-refractivity contribution in [3.63, 3.8) is 0 Å². The lowest BCUT2D eigenvalue weighted by atomic mass is 9.85. The summed E-state index contributed by atoms with van der Waals surface area (Å²) in [4.78, 5) is 35.9. The molecule has 0 aromatic heterocycles. The summed E-state index contributed by atoms with van der Waals surface area (Å²) in [7, 11) is 0. The maximum atomic E-state index is 12.4. The van der Waals surface area contributed by atoms with Crippen LogP contribution in [-0.2, 0) is 15.1 Å². The third-order valence-electron chi connectivity index (χ3n) is 4.84. The van der Waals surface area contributed by atoms with Crippen LogP contribution in [0.2, 0.25) is 0 Å². The normalized spacial score (nSPS) is 29.8. The van der Waals surface area contributed by atoms with E-state index in [1.54, 1.807) is 31.2 Å². The summed E-state index contributed by atoms with van der Waals surface area (Å²) >= 11 is 0. The van der Waals surface area contributed by atoms with Crippen molar-refractivity contribution >= 4 is 23.5 Å². The molecule has 0 bridgehead atoms. The minimum atomic E-state index is -1.13. The molecule has 0 spiro atoms. The molecule has 1 saturated carbocycles. The first-order chi connectivity index (χ1) is 11.4. The second kappa shape index (κ2) is 6.24. The summed E-state index contributed by atoms with van der Waals surface area (Å²) in [6.07, 6.45) is 3.47. The lowest BCUT2D eigenvalue weighted by Gasteiger charge is -2.26. The maximum absolute atomic E-state index is 12.4. The van der Waals surface area contributed by atoms with Gasteiger partial charge in [0.05, 0.1) is 0 Å². The Morgan fingerprint density at radius 1 is 1.33 bits per heavy atom. The second-order valence-corrected chi connectivity index (χ2v) is 6.73. The second-order valence-electron chi connectivity index (χ2n) is 6.73. The van der Waals surface area contributed by atoms with Crippen LogP contribution in [0.3, 0.4) is 0 Å². The Bertz CT molecular complexity index is 690. The Labute approximate surface area is 140 Å². The van der Waals surface area contributed by atoms with Crippen LogP contribution in [0.5, 0.6) is 0 Å². The molecular weight excluding hydrogens is 308 g/mol. The highest BCUT2D eigenvalue weighted by atomic mass is 16.2. The van der Waals surface area contributed by atoms with Crippen molar-refractivity contribution in [1.82, 2.24) is 10.6 Å². The van der Waals surface area contributed by atoms with E-state index in [1.807, 2.05) is 0 Å². The van der Waals surface area contributed by atoms with Gasteiger partial charge in [0.25, 0.3) is 5.91 Å². The highest BCUT2D eigenvalue weighted by Gasteiger charge is 2.43. The van der Waals surface area contributed by atoms with Gasteiger partial charge in [0.1, 0.15) is 5.54 Å². The van der Waals surface area contributed by atoms with Gasteiger partial charge in [-0.3, -0.25) is 14.9 Å². The molecule has 3 rings (SSSR count). The number of nitrogens with two attached hydrogens (primary N) is 1. The van der Waals surface area contributed by atoms with E-state index >= 15 is 0 Å². The van der Waals surface area contributed by atoms with E-state index in [0.29, 0.717) is 17.7 Å². The van der Waals surface area contributed by atoms with E-state index in [1.165, 1.54) is 0 Å². The molecule has 4 amide bonds. The fourth-order valence-corrected chi connectivity index (χ4v) is 3.36. The average molecular weight is 330 g/mol. The van der Waals surface area contributed by atoms with Crippen LogP contribution in [0.15, 0.2) is 24.3 Å². The van der Waals surface area contributed by atoms with E-state index in [4.69, 9.17) is 5.73 Å². The van der Waals surface area contributed by atoms with Crippen molar-refractivity contribution in [2.24, 2.45) is 11.7 Å². The third kappa shape index (κ3) is 3.12. The molecule has 3 unspecified atom stereocenters. The van der Waals surface area contributed by atoms with Crippen LogP contribution in [0.4, 0.5) is 10.5 Å². The Kier molecular flexibility index (Phi) is 4.28. The van der Waals surface area contributed by atoms with E-state index < -0.39 is 17.5 Å². The molecule has 1 heterocycles. The van der Waals surface area contributed by atoms with E-state index in [0.717, 1.165) is 19.3 Å². The molecule has 128 valence electrons. The maximum Gasteiger partial charge on any atom is 0.322 e. The zero-order valence-corrected chi connectivity index (χ0v) is 13.6. The fourth-order valence-electron chi connectivity index (χ4n) is 3.36. The molecule has 0 radical (unpaired) electrons. The third-order valence-corrected chi connectivity index (χ3v) is 4.84. The molecule has 1 aromatic rings. The Hall–Kier alpha value is -2.41. The minimum absolute atomic E-state index is 0.0487. The molecule has 1 saturated heterocycles. The van der Waals surface area contributed by atoms with Crippen molar-refractivity contribution < 1.29 is 14.4 Å². The van der Waals surface area contributed by atoms with Crippen LogP contribution < -0.4 is 21.7 Å². The summed E-state index contributed by atoms with van der Waals surface area (Å²) < 4.78 is 0. The molecule has 2 aliphatic rings. The molecule has 3 atom stereocenters. The van der Waals surface area contributed by atoms with Crippen LogP contribution in [0, 0.1) is 5.92 Å². The summed E-state index contributed by atoms with van der Waals surface area (Å²) in [5.74, 6) is -0.538. The highest BCUT2D eigenvalue weighted by molar-refractivity contribution is 6.07. The van der Waals surface area contributed by atoms with Gasteiger partial charge in [-0.05, 0) is 43.9 Å². The molecule has 1 aromatic carbocycles. The standard InChI is InChI=1S/C17H22N4O3/c1-17(15(23)20-16(24)21-17)11-5-3-7-13(9-11)19-14(22)10-4-2-6-12(18)8-10/h3,5,7,9-10,12H,2,4,6,8,18H2,1H3,(H,19,22)(H2,20,21,23,24). The topological polar surface area (TPSA) is 113 Å². The Morgan fingerprint density at radius 2 is 2.12 bits per heavy atom. The number of rotatable bonds is 3. The van der Waals surface area contributed by atoms with Crippen molar-refractivity contribution in [2.45, 2.75) is 44.2 Å². The Morgan fingerprint density at radius 3 is 2.79 bits per heavy atom. The number of imide groups is 1. The fraction of sp³-hybridized carbons (Fsp3) is 0.471. The first-order valence-electron chi connectivity index (χ1n) is 8.19. The number of carbonyl (C=O) groups is 3. The predicted octanol–water partition coefficient (Wildman–Crippen LogP) is 1.20. The summed E-state index contributed by atoms with van der Waals surface area (Å²) in [6.45, 7) is 1.63. The van der Waals surface area contributed by atoms with E-state index in [9.17, 15) is 14.4 Å². The molecule has 1 aliphatic heterocycles. The lowest BCUT2D eigenvalue weighted by Crippen LogP contribution is -2.40. The number of urea groups is 1. The smallest absolute Gasteiger partial charge is 0.322 e. The minimum Gasteiger partial charge on any atom is -0.328 e. The van der Waals surface area contributed by atoms with Gasteiger partial charge in [-0.2, -0.15) is 0 Å². The largest absolute Gasteiger partial charge is 0.328 e. The van der Waals surface area contributed by atoms with E-state index in [2.05, 4.69) is 16.0 Å². The van der Waals surface area contributed by atoms with Crippen molar-refractivity contribution in [3.8, 4) is 0 Å². The zero-order valence-electron chi connectivity index (χ0n) is 13.6. The quantitative estimate of drug-likeness (QED) is 0.624. The number of hydrogen-bond acceptors (Lipinski definition) is 4. The first kappa shape index (κ1) is 16.4. The van der Waals surface area contributed by atoms with Crippen molar-refractivity contribution in [3.05, 3.63) is 29.8 Å². The number of benzene rings is 1. The molecule has 1 aliphatic carbocycles. The number of amides is 4. The van der Waals surface area contributed by atoms with Crippen molar-refractivity contribution in [2.75, 3.05) is 5.32 Å². The van der Waals surface area contributed by atoms with Gasteiger partial charge >= 0.3 is 6.03 Å². The summed E-state index contributed by atoms with van der Waals surface area (Å²) in [6, 6.07) is 6.54. The lowest BCUT2D eigenvalue weighted by molar-refractivity contribution is -0.123. The molecule has 5 N–H and O–H groups in total. The first-order valence-corrected chi connectivity index (χ1v) is 8.19. The molecule has 7 nitrogen and oxygen atoms in total. The van der Waals surface area contributed by atoms with Gasteiger partial charge < -0.3 is 16.4 Å². The number of carbonyl (C=O) groups excluding carboxylic acids is 3. The van der Waals surface area contributed by atoms with Crippen LogP contribution >= 0.6 is 0 Å². The van der Waals surface area contributed by atoms with Gasteiger partial charge in [0.2, 0.25) is 5.91 Å². The molecule has 7 heteroatoms. The zero-order chi connectivity index (χ0) is 17.3. The summed E-state index contributed by atoms with van der Waals surface area (Å²) in [5.41, 5.74) is 6.03. The number of nitrogens with one attached hydrogen (secondary N) is 3. The molecular formula is C17H22N4O3. The van der Waals surface area contributed by atoms with Gasteiger partial charge in [-0.25, -0.2) is 4.79 Å². The predicted molar refractivity (Wildman–Crippen MR) is 89.0 cm³/mol. The van der Waals surface area contributed by atoms with Crippen LogP contribution in [-0.4, -0.2) is 23.9 Å². The average Bonchev–Trinajstić information content (AvgIpc) is 2.81. The molecule has 24 heavy (non-hydrogen) atoms. The van der Waals surface area contributed by atoms with Crippen molar-refractivity contribution in [1.29, 1.82) is 0 Å². The van der Waals surface area contributed by atoms with Gasteiger partial charge in [-0.15, -0.1) is 0 Å². The number of hydrogen-bond donors (Lipinski definition) is 4. The summed E-state index contributed by atoms with van der Waals surface area (Å²) in [5, 5.41) is 7.75.